The monoisotopic (exact) mass is 410 g/mol. The van der Waals surface area contributed by atoms with Gasteiger partial charge < -0.3 is 4.74 Å². The van der Waals surface area contributed by atoms with E-state index in [0.29, 0.717) is 29.7 Å². The maximum atomic E-state index is 13.0. The molecule has 0 saturated heterocycles. The molecular weight excluding hydrogens is 397 g/mol. The van der Waals surface area contributed by atoms with Crippen LogP contribution in [-0.4, -0.2) is 30.0 Å². The fourth-order valence-corrected chi connectivity index (χ4v) is 3.94. The fraction of sp³-hybridized carbons (Fsp3) is 0.176. The van der Waals surface area contributed by atoms with Crippen molar-refractivity contribution in [2.45, 2.75) is 17.5 Å². The zero-order valence-electron chi connectivity index (χ0n) is 14.1. The summed E-state index contributed by atoms with van der Waals surface area (Å²) in [5, 5.41) is 6.72. The van der Waals surface area contributed by atoms with Crippen LogP contribution in [0.2, 0.25) is 0 Å². The van der Waals surface area contributed by atoms with Gasteiger partial charge in [0.25, 0.3) is 10.0 Å². The second-order valence-corrected chi connectivity index (χ2v) is 7.73. The molecule has 0 atom stereocenters. The molecule has 1 aliphatic heterocycles. The Morgan fingerprint density at radius 2 is 1.86 bits per heavy atom. The van der Waals surface area contributed by atoms with E-state index in [-0.39, 0.29) is 16.3 Å². The van der Waals surface area contributed by atoms with Gasteiger partial charge in [-0.05, 0) is 48.0 Å². The summed E-state index contributed by atoms with van der Waals surface area (Å²) in [5.41, 5.74) is 0.0851. The average Bonchev–Trinajstić information content (AvgIpc) is 3.30. The number of benzene rings is 2. The Bertz CT molecular complexity index is 1130. The van der Waals surface area contributed by atoms with Crippen LogP contribution in [0, 0.1) is 0 Å². The van der Waals surface area contributed by atoms with E-state index in [1.807, 2.05) is 0 Å². The quantitative estimate of drug-likeness (QED) is 0.715. The first-order valence-corrected chi connectivity index (χ1v) is 9.59. The van der Waals surface area contributed by atoms with Crippen molar-refractivity contribution in [2.24, 2.45) is 0 Å². The Morgan fingerprint density at radius 3 is 2.57 bits per heavy atom. The van der Waals surface area contributed by atoms with Crippen LogP contribution in [0.15, 0.2) is 53.6 Å². The smallest absolute Gasteiger partial charge is 0.435 e. The summed E-state index contributed by atoms with van der Waals surface area (Å²) >= 11 is 0. The van der Waals surface area contributed by atoms with E-state index in [1.54, 1.807) is 12.1 Å². The van der Waals surface area contributed by atoms with E-state index < -0.39 is 21.9 Å². The largest absolute Gasteiger partial charge is 0.493 e. The number of sulfonamides is 1. The number of fused-ring (bicyclic) bond motifs is 1. The van der Waals surface area contributed by atoms with Crippen molar-refractivity contribution in [3.05, 3.63) is 59.9 Å². The molecule has 3 aromatic rings. The van der Waals surface area contributed by atoms with Gasteiger partial charge in [0, 0.05) is 12.1 Å². The third-order valence-corrected chi connectivity index (χ3v) is 5.55. The van der Waals surface area contributed by atoms with Gasteiger partial charge in [-0.15, -0.1) is 5.10 Å². The number of hydrogen-bond acceptors (Lipinski definition) is 5. The molecule has 0 aliphatic carbocycles. The molecule has 0 spiro atoms. The van der Waals surface area contributed by atoms with Crippen LogP contribution in [-0.2, 0) is 22.6 Å². The molecule has 7 nitrogen and oxygen atoms in total. The van der Waals surface area contributed by atoms with Crippen LogP contribution < -0.4 is 9.46 Å². The molecule has 28 heavy (non-hydrogen) atoms. The van der Waals surface area contributed by atoms with Gasteiger partial charge in [-0.25, -0.2) is 13.1 Å². The molecule has 1 N–H and O–H groups in total. The predicted octanol–water partition coefficient (Wildman–Crippen LogP) is 3.02. The van der Waals surface area contributed by atoms with Gasteiger partial charge in [0.05, 0.1) is 23.4 Å². The number of halogens is 3. The molecule has 0 amide bonds. The summed E-state index contributed by atoms with van der Waals surface area (Å²) in [7, 11) is -3.85. The highest BCUT2D eigenvalue weighted by Gasteiger charge is 2.36. The van der Waals surface area contributed by atoms with Gasteiger partial charge in [-0.3, -0.25) is 4.72 Å². The minimum atomic E-state index is -4.61. The summed E-state index contributed by atoms with van der Waals surface area (Å²) in [4.78, 5) is 0.0801. The van der Waals surface area contributed by atoms with Gasteiger partial charge in [-0.1, -0.05) is 5.21 Å². The standard InChI is InChI=1S/C17H13F3N4O3S/c18-17(19,20)16-10-21-23-24(16)13-3-1-12(2-4-13)22-28(25,26)14-5-6-15-11(9-14)7-8-27-15/h1-6,9-10,22H,7-8H2. The molecule has 4 rings (SSSR count). The molecule has 0 saturated carbocycles. The van der Waals surface area contributed by atoms with Crippen LogP contribution in [0.5, 0.6) is 5.75 Å². The van der Waals surface area contributed by atoms with Crippen molar-refractivity contribution in [3.8, 4) is 11.4 Å². The van der Waals surface area contributed by atoms with Gasteiger partial charge in [0.1, 0.15) is 5.75 Å². The predicted molar refractivity (Wildman–Crippen MR) is 92.8 cm³/mol. The first kappa shape index (κ1) is 18.3. The van der Waals surface area contributed by atoms with Crippen LogP contribution in [0.25, 0.3) is 5.69 Å². The van der Waals surface area contributed by atoms with E-state index >= 15 is 0 Å². The number of alkyl halides is 3. The van der Waals surface area contributed by atoms with Crippen LogP contribution >= 0.6 is 0 Å². The molecule has 0 unspecified atom stereocenters. The normalized spacial score (nSPS) is 13.8. The lowest BCUT2D eigenvalue weighted by atomic mass is 10.2. The number of nitrogens with one attached hydrogen (secondary N) is 1. The Labute approximate surface area is 157 Å². The molecule has 1 aliphatic rings. The molecule has 11 heteroatoms. The fourth-order valence-electron chi connectivity index (χ4n) is 2.83. The van der Waals surface area contributed by atoms with E-state index in [4.69, 9.17) is 4.74 Å². The number of hydrogen-bond donors (Lipinski definition) is 1. The van der Waals surface area contributed by atoms with Crippen LogP contribution in [0.1, 0.15) is 11.3 Å². The van der Waals surface area contributed by atoms with E-state index in [2.05, 4.69) is 15.0 Å². The zero-order valence-corrected chi connectivity index (χ0v) is 15.0. The number of nitrogens with zero attached hydrogens (tertiary/aromatic N) is 3. The molecule has 2 heterocycles. The minimum absolute atomic E-state index is 0.0801. The van der Waals surface area contributed by atoms with Gasteiger partial charge in [-0.2, -0.15) is 13.2 Å². The Kier molecular flexibility index (Phi) is 4.26. The highest BCUT2D eigenvalue weighted by Crippen LogP contribution is 2.31. The number of aromatic nitrogens is 3. The highest BCUT2D eigenvalue weighted by molar-refractivity contribution is 7.92. The highest BCUT2D eigenvalue weighted by atomic mass is 32.2. The van der Waals surface area contributed by atoms with Gasteiger partial charge in [0.2, 0.25) is 0 Å². The summed E-state index contributed by atoms with van der Waals surface area (Å²) in [6.45, 7) is 0.510. The van der Waals surface area contributed by atoms with Crippen LogP contribution in [0.3, 0.4) is 0 Å². The van der Waals surface area contributed by atoms with E-state index in [9.17, 15) is 21.6 Å². The first-order chi connectivity index (χ1) is 13.2. The maximum Gasteiger partial charge on any atom is 0.435 e. The molecule has 1 aromatic heterocycles. The number of rotatable bonds is 4. The Morgan fingerprint density at radius 1 is 1.11 bits per heavy atom. The van der Waals surface area contributed by atoms with Gasteiger partial charge in [0.15, 0.2) is 5.69 Å². The van der Waals surface area contributed by atoms with Crippen molar-refractivity contribution in [1.82, 2.24) is 15.0 Å². The Balaban J connectivity index is 1.57. The molecule has 0 bridgehead atoms. The lowest BCUT2D eigenvalue weighted by Crippen LogP contribution is -2.14. The maximum absolute atomic E-state index is 13.0. The molecular formula is C17H13F3N4O3S. The second-order valence-electron chi connectivity index (χ2n) is 6.05. The van der Waals surface area contributed by atoms with Crippen molar-refractivity contribution < 1.29 is 26.3 Å². The summed E-state index contributed by atoms with van der Waals surface area (Å²) in [6, 6.07) is 9.92. The lowest BCUT2D eigenvalue weighted by Gasteiger charge is -2.11. The van der Waals surface area contributed by atoms with Crippen molar-refractivity contribution >= 4 is 15.7 Å². The lowest BCUT2D eigenvalue weighted by molar-refractivity contribution is -0.142. The number of anilines is 1. The third-order valence-electron chi connectivity index (χ3n) is 4.18. The molecule has 2 aromatic carbocycles. The van der Waals surface area contributed by atoms with Crippen molar-refractivity contribution in [3.63, 3.8) is 0 Å². The minimum Gasteiger partial charge on any atom is -0.493 e. The summed E-state index contributed by atoms with van der Waals surface area (Å²) in [5.74, 6) is 0.664. The topological polar surface area (TPSA) is 86.1 Å². The Hall–Kier alpha value is -3.08. The zero-order chi connectivity index (χ0) is 19.9. The van der Waals surface area contributed by atoms with Crippen molar-refractivity contribution in [2.75, 3.05) is 11.3 Å². The van der Waals surface area contributed by atoms with Gasteiger partial charge >= 0.3 is 6.18 Å². The third kappa shape index (κ3) is 3.40. The second kappa shape index (κ2) is 6.51. The van der Waals surface area contributed by atoms with E-state index in [1.165, 1.54) is 30.3 Å². The summed E-state index contributed by atoms with van der Waals surface area (Å²) < 4.78 is 72.4. The average molecular weight is 410 g/mol. The molecule has 146 valence electrons. The first-order valence-electron chi connectivity index (χ1n) is 8.11. The van der Waals surface area contributed by atoms with Crippen molar-refractivity contribution in [1.29, 1.82) is 0 Å². The molecule has 0 radical (unpaired) electrons. The number of ether oxygens (including phenoxy) is 1. The van der Waals surface area contributed by atoms with E-state index in [0.717, 1.165) is 5.56 Å². The van der Waals surface area contributed by atoms with Crippen LogP contribution in [0.4, 0.5) is 18.9 Å². The summed E-state index contributed by atoms with van der Waals surface area (Å²) in [6.07, 6.45) is -3.36. The SMILES string of the molecule is O=S(=O)(Nc1ccc(-n2nncc2C(F)(F)F)cc1)c1ccc2c(c1)CCO2. The molecule has 0 fully saturated rings.